The molecule has 5 rings (SSSR count). The fraction of sp³-hybridized carbons (Fsp3) is 0.600. The van der Waals surface area contributed by atoms with E-state index >= 15 is 0 Å². The smallest absolute Gasteiger partial charge is 0.232 e. The van der Waals surface area contributed by atoms with Crippen molar-refractivity contribution in [3.63, 3.8) is 0 Å². The minimum absolute atomic E-state index is 0.147. The Kier molecular flexibility index (Phi) is 4.33. The van der Waals surface area contributed by atoms with Crippen molar-refractivity contribution in [3.8, 4) is 0 Å². The van der Waals surface area contributed by atoms with Gasteiger partial charge in [-0.15, -0.1) is 0 Å². The molecule has 4 saturated carbocycles. The lowest BCUT2D eigenvalue weighted by atomic mass is 9.58. The molecule has 0 radical (unpaired) electrons. The molecule has 4 bridgehead atoms. The summed E-state index contributed by atoms with van der Waals surface area (Å²) in [7, 11) is 0. The Morgan fingerprint density at radius 1 is 1.04 bits per heavy atom. The number of carbonyl (C=O) groups excluding carboxylic acids is 1. The first-order valence-electron chi connectivity index (χ1n) is 9.26. The van der Waals surface area contributed by atoms with Crippen molar-refractivity contribution in [2.45, 2.75) is 51.5 Å². The molecule has 0 spiro atoms. The first-order valence-corrected chi connectivity index (χ1v) is 9.67. The molecular formula is C20H26N2OS. The van der Waals surface area contributed by atoms with Gasteiger partial charge in [0.05, 0.1) is 5.41 Å². The first kappa shape index (κ1) is 16.1. The summed E-state index contributed by atoms with van der Waals surface area (Å²) in [5.74, 6) is 2.46. The quantitative estimate of drug-likeness (QED) is 0.821. The van der Waals surface area contributed by atoms with Crippen LogP contribution in [0.4, 0.5) is 0 Å². The molecular weight excluding hydrogens is 316 g/mol. The van der Waals surface area contributed by atoms with Gasteiger partial charge in [0.1, 0.15) is 0 Å². The molecule has 24 heavy (non-hydrogen) atoms. The summed E-state index contributed by atoms with van der Waals surface area (Å²) < 4.78 is 0. The average molecular weight is 343 g/mol. The summed E-state index contributed by atoms with van der Waals surface area (Å²) in [5, 5.41) is 6.66. The summed E-state index contributed by atoms with van der Waals surface area (Å²) in [6.45, 7) is 0.654. The van der Waals surface area contributed by atoms with Gasteiger partial charge < -0.3 is 10.6 Å². The van der Waals surface area contributed by atoms with Gasteiger partial charge in [-0.2, -0.15) is 0 Å². The minimum atomic E-state index is -0.147. The molecule has 0 aliphatic heterocycles. The molecule has 2 N–H and O–H groups in total. The Labute approximate surface area is 149 Å². The monoisotopic (exact) mass is 342 g/mol. The largest absolute Gasteiger partial charge is 0.358 e. The molecule has 3 nitrogen and oxygen atoms in total. The number of carbonyl (C=O) groups is 1. The van der Waals surface area contributed by atoms with Crippen LogP contribution in [-0.4, -0.2) is 11.0 Å². The number of benzene rings is 1. The van der Waals surface area contributed by atoms with E-state index in [-0.39, 0.29) is 11.3 Å². The van der Waals surface area contributed by atoms with Crippen LogP contribution in [0.5, 0.6) is 0 Å². The Hall–Kier alpha value is -1.42. The van der Waals surface area contributed by atoms with Crippen LogP contribution in [0.3, 0.4) is 0 Å². The van der Waals surface area contributed by atoms with Crippen molar-refractivity contribution in [1.29, 1.82) is 0 Å². The molecule has 4 heteroatoms. The van der Waals surface area contributed by atoms with Crippen molar-refractivity contribution in [3.05, 3.63) is 35.9 Å². The second-order valence-electron chi connectivity index (χ2n) is 8.16. The summed E-state index contributed by atoms with van der Waals surface area (Å²) in [6, 6.07) is 10.1. The molecule has 1 aromatic carbocycles. The lowest BCUT2D eigenvalue weighted by Gasteiger charge is -2.47. The summed E-state index contributed by atoms with van der Waals surface area (Å²) in [6.07, 6.45) is 8.58. The predicted molar refractivity (Wildman–Crippen MR) is 99.2 cm³/mol. The van der Waals surface area contributed by atoms with Gasteiger partial charge in [0, 0.05) is 6.54 Å². The molecule has 2 unspecified atom stereocenters. The van der Waals surface area contributed by atoms with E-state index in [4.69, 9.17) is 12.2 Å². The van der Waals surface area contributed by atoms with E-state index in [0.29, 0.717) is 11.7 Å². The van der Waals surface area contributed by atoms with E-state index in [1.807, 2.05) is 18.2 Å². The normalized spacial score (nSPS) is 33.8. The van der Waals surface area contributed by atoms with Crippen LogP contribution < -0.4 is 10.6 Å². The fourth-order valence-corrected chi connectivity index (χ4v) is 5.69. The van der Waals surface area contributed by atoms with Crippen LogP contribution in [0.25, 0.3) is 0 Å². The maximum absolute atomic E-state index is 13.0. The summed E-state index contributed by atoms with van der Waals surface area (Å²) in [5.41, 5.74) is 1.02. The van der Waals surface area contributed by atoms with Crippen LogP contribution in [0.1, 0.15) is 50.5 Å². The van der Waals surface area contributed by atoms with Crippen LogP contribution in [-0.2, 0) is 11.3 Å². The molecule has 1 amide bonds. The topological polar surface area (TPSA) is 41.1 Å². The molecule has 1 aromatic rings. The highest BCUT2D eigenvalue weighted by atomic mass is 32.1. The average Bonchev–Trinajstić information content (AvgIpc) is 2.80. The van der Waals surface area contributed by atoms with E-state index in [9.17, 15) is 4.79 Å². The van der Waals surface area contributed by atoms with E-state index in [1.54, 1.807) is 0 Å². The second-order valence-corrected chi connectivity index (χ2v) is 8.57. The zero-order chi connectivity index (χ0) is 16.6. The van der Waals surface area contributed by atoms with Gasteiger partial charge in [-0.3, -0.25) is 4.79 Å². The van der Waals surface area contributed by atoms with Crippen molar-refractivity contribution in [1.82, 2.24) is 10.6 Å². The number of rotatable bonds is 3. The van der Waals surface area contributed by atoms with E-state index < -0.39 is 0 Å². The second kappa shape index (κ2) is 6.47. The van der Waals surface area contributed by atoms with Crippen LogP contribution >= 0.6 is 12.2 Å². The molecule has 0 heterocycles. The number of hydrogen-bond acceptors (Lipinski definition) is 2. The maximum atomic E-state index is 13.0. The molecule has 2 atom stereocenters. The Balaban J connectivity index is 1.38. The highest BCUT2D eigenvalue weighted by molar-refractivity contribution is 7.80. The van der Waals surface area contributed by atoms with Gasteiger partial charge >= 0.3 is 0 Å². The van der Waals surface area contributed by atoms with Crippen molar-refractivity contribution in [2.75, 3.05) is 0 Å². The molecule has 4 aliphatic carbocycles. The van der Waals surface area contributed by atoms with Gasteiger partial charge in [0.2, 0.25) is 5.91 Å². The fourth-order valence-electron chi connectivity index (χ4n) is 5.53. The molecule has 0 aromatic heterocycles. The molecule has 4 aliphatic rings. The third-order valence-electron chi connectivity index (χ3n) is 6.36. The third-order valence-corrected chi connectivity index (χ3v) is 6.61. The first-order chi connectivity index (χ1) is 11.6. The minimum Gasteiger partial charge on any atom is -0.358 e. The van der Waals surface area contributed by atoms with Gasteiger partial charge in [-0.25, -0.2) is 0 Å². The Morgan fingerprint density at radius 3 is 2.33 bits per heavy atom. The highest BCUT2D eigenvalue weighted by Crippen LogP contribution is 2.57. The molecule has 128 valence electrons. The summed E-state index contributed by atoms with van der Waals surface area (Å²) in [4.78, 5) is 13.0. The number of hydrogen-bond donors (Lipinski definition) is 2. The molecule has 4 fully saturated rings. The highest BCUT2D eigenvalue weighted by Gasteiger charge is 2.52. The van der Waals surface area contributed by atoms with E-state index in [1.165, 1.54) is 31.2 Å². The summed E-state index contributed by atoms with van der Waals surface area (Å²) >= 11 is 5.38. The van der Waals surface area contributed by atoms with Crippen LogP contribution in [0, 0.1) is 23.2 Å². The number of fused-ring (bicyclic) bond motifs is 1. The Morgan fingerprint density at radius 2 is 1.67 bits per heavy atom. The van der Waals surface area contributed by atoms with Crippen LogP contribution in [0.15, 0.2) is 30.3 Å². The SMILES string of the molecule is O=C(NC(=S)NCc1ccccc1)C12CC3CCC(CC(C3)C1)C2. The number of nitrogens with one attached hydrogen (secondary N) is 2. The zero-order valence-electron chi connectivity index (χ0n) is 14.1. The van der Waals surface area contributed by atoms with Crippen molar-refractivity contribution >= 4 is 23.2 Å². The lowest BCUT2D eigenvalue weighted by Crippen LogP contribution is -2.52. The zero-order valence-corrected chi connectivity index (χ0v) is 14.9. The Bertz CT molecular complexity index is 614. The maximum Gasteiger partial charge on any atom is 0.232 e. The van der Waals surface area contributed by atoms with E-state index in [2.05, 4.69) is 22.8 Å². The number of thiocarbonyl (C=S) groups is 1. The van der Waals surface area contributed by atoms with Gasteiger partial charge in [0.15, 0.2) is 5.11 Å². The van der Waals surface area contributed by atoms with Crippen LogP contribution in [0.2, 0.25) is 0 Å². The van der Waals surface area contributed by atoms with Gasteiger partial charge in [-0.05, 0) is 67.6 Å². The third kappa shape index (κ3) is 3.21. The standard InChI is InChI=1S/C20H26N2OS/c23-18(22-19(24)21-13-14-4-2-1-3-5-14)20-10-15-6-7-16(11-20)9-17(8-15)12-20/h1-5,15-17H,6-13H2,(H2,21,22,23,24). The van der Waals surface area contributed by atoms with Gasteiger partial charge in [-0.1, -0.05) is 43.2 Å². The van der Waals surface area contributed by atoms with Gasteiger partial charge in [0.25, 0.3) is 0 Å². The molecule has 0 saturated heterocycles. The number of amides is 1. The van der Waals surface area contributed by atoms with E-state index in [0.717, 1.165) is 37.0 Å². The van der Waals surface area contributed by atoms with Crippen molar-refractivity contribution in [2.24, 2.45) is 23.2 Å². The lowest BCUT2D eigenvalue weighted by molar-refractivity contribution is -0.137. The predicted octanol–water partition coefficient (Wildman–Crippen LogP) is 3.78. The van der Waals surface area contributed by atoms with Crippen molar-refractivity contribution < 1.29 is 4.79 Å².